The Morgan fingerprint density at radius 1 is 1.00 bits per heavy atom. The van der Waals surface area contributed by atoms with E-state index in [0.29, 0.717) is 0 Å². The zero-order chi connectivity index (χ0) is 20.7. The maximum atomic E-state index is 12.5. The number of carbonyl (C=O) groups is 1. The molecule has 28 heavy (non-hydrogen) atoms. The van der Waals surface area contributed by atoms with Crippen LogP contribution in [0.1, 0.15) is 6.42 Å². The highest BCUT2D eigenvalue weighted by Crippen LogP contribution is 2.48. The van der Waals surface area contributed by atoms with Crippen molar-refractivity contribution in [3.63, 3.8) is 0 Å². The van der Waals surface area contributed by atoms with Gasteiger partial charge in [0.1, 0.15) is 11.5 Å². The highest BCUT2D eigenvalue weighted by atomic mass is 35.5. The van der Waals surface area contributed by atoms with Crippen molar-refractivity contribution in [3.8, 4) is 0 Å². The van der Waals surface area contributed by atoms with E-state index in [9.17, 15) is 14.9 Å². The maximum Gasteiger partial charge on any atom is 0.271 e. The first-order valence-electron chi connectivity index (χ1n) is 7.24. The monoisotopic (exact) mass is 500 g/mol. The lowest BCUT2D eigenvalue weighted by Crippen LogP contribution is -2.36. The molecule has 1 fully saturated rings. The summed E-state index contributed by atoms with van der Waals surface area (Å²) in [7, 11) is 0. The number of benzene rings is 2. The average Bonchev–Trinajstić information content (AvgIpc) is 3.00. The van der Waals surface area contributed by atoms with E-state index in [4.69, 9.17) is 69.6 Å². The van der Waals surface area contributed by atoms with E-state index in [0.717, 1.165) is 5.01 Å². The average molecular weight is 503 g/mol. The molecular weight excluding hydrogens is 497 g/mol. The molecule has 1 N–H and O–H groups in total. The summed E-state index contributed by atoms with van der Waals surface area (Å²) in [5, 5.41) is 11.7. The van der Waals surface area contributed by atoms with Gasteiger partial charge in [0.05, 0.1) is 47.2 Å². The number of amides is 1. The second kappa shape index (κ2) is 8.10. The molecule has 0 radical (unpaired) electrons. The number of halogens is 6. The number of non-ortho nitro benzene ring substituents is 1. The van der Waals surface area contributed by atoms with Crippen LogP contribution in [0.4, 0.5) is 17.1 Å². The fraction of sp³-hybridized carbons (Fsp3) is 0.0667. The number of nitro benzene ring substituents is 1. The minimum absolute atomic E-state index is 0.00284. The predicted molar refractivity (Wildman–Crippen MR) is 112 cm³/mol. The molecule has 1 amide bonds. The van der Waals surface area contributed by atoms with Crippen LogP contribution in [0.2, 0.25) is 30.1 Å². The van der Waals surface area contributed by atoms with Gasteiger partial charge in [0, 0.05) is 12.1 Å². The molecule has 2 aromatic carbocycles. The van der Waals surface area contributed by atoms with E-state index in [1.54, 1.807) is 0 Å². The Hall–Kier alpha value is -1.48. The molecule has 1 saturated heterocycles. The van der Waals surface area contributed by atoms with Crippen molar-refractivity contribution in [2.45, 2.75) is 6.42 Å². The van der Waals surface area contributed by atoms with Crippen LogP contribution in [0.25, 0.3) is 0 Å². The summed E-state index contributed by atoms with van der Waals surface area (Å²) >= 11 is 36.4. The van der Waals surface area contributed by atoms with Gasteiger partial charge in [-0.05, 0) is 6.07 Å². The SMILES string of the molecule is O=C1CC(=Nc2cc([N+](=O)[O-])ccc2Cl)NN1c1c(Cl)c(Cl)c(Cl)c(Cl)c1Cl. The number of amidine groups is 1. The maximum absolute atomic E-state index is 12.5. The molecular formula is C15H6Cl6N4O3. The Bertz CT molecular complexity index is 1030. The van der Waals surface area contributed by atoms with Crippen LogP contribution in [0.5, 0.6) is 0 Å². The van der Waals surface area contributed by atoms with Crippen LogP contribution in [0, 0.1) is 10.1 Å². The fourth-order valence-electron chi connectivity index (χ4n) is 2.33. The number of rotatable bonds is 3. The van der Waals surface area contributed by atoms with Gasteiger partial charge in [-0.3, -0.25) is 20.3 Å². The molecule has 0 aliphatic carbocycles. The van der Waals surface area contributed by atoms with Gasteiger partial charge in [-0.15, -0.1) is 0 Å². The standard InChI is InChI=1S/C15H6Cl6N4O3/c16-6-2-1-5(25(27)28)3-7(6)22-8-4-9(26)24(23-8)15-13(20)11(18)10(17)12(19)14(15)21/h1-3H,4H2,(H,22,23). The second-order valence-electron chi connectivity index (χ2n) is 5.39. The van der Waals surface area contributed by atoms with E-state index >= 15 is 0 Å². The number of hydrogen-bond acceptors (Lipinski definition) is 4. The minimum atomic E-state index is -0.587. The molecule has 1 heterocycles. The number of aliphatic imine (C=N–C) groups is 1. The summed E-state index contributed by atoms with van der Waals surface area (Å²) in [6.45, 7) is 0. The summed E-state index contributed by atoms with van der Waals surface area (Å²) < 4.78 is 0. The zero-order valence-electron chi connectivity index (χ0n) is 13.3. The minimum Gasteiger partial charge on any atom is -0.277 e. The molecule has 0 spiro atoms. The van der Waals surface area contributed by atoms with Gasteiger partial charge in [-0.2, -0.15) is 0 Å². The highest BCUT2D eigenvalue weighted by molar-refractivity contribution is 6.57. The van der Waals surface area contributed by atoms with E-state index in [1.165, 1.54) is 18.2 Å². The normalized spacial score (nSPS) is 15.3. The Morgan fingerprint density at radius 2 is 1.57 bits per heavy atom. The van der Waals surface area contributed by atoms with Gasteiger partial charge in [0.15, 0.2) is 0 Å². The molecule has 1 aliphatic rings. The van der Waals surface area contributed by atoms with Gasteiger partial charge in [-0.1, -0.05) is 69.6 Å². The van der Waals surface area contributed by atoms with Crippen molar-refractivity contribution in [1.82, 2.24) is 5.43 Å². The third-order valence-electron chi connectivity index (χ3n) is 3.62. The summed E-state index contributed by atoms with van der Waals surface area (Å²) in [4.78, 5) is 27.0. The summed E-state index contributed by atoms with van der Waals surface area (Å²) in [5.74, 6) is -0.319. The number of hydrazine groups is 1. The lowest BCUT2D eigenvalue weighted by Gasteiger charge is -2.21. The molecule has 3 rings (SSSR count). The Morgan fingerprint density at radius 3 is 2.14 bits per heavy atom. The third kappa shape index (κ3) is 3.83. The Labute approximate surface area is 187 Å². The van der Waals surface area contributed by atoms with Crippen molar-refractivity contribution >= 4 is 98.4 Å². The highest BCUT2D eigenvalue weighted by Gasteiger charge is 2.33. The molecule has 146 valence electrons. The molecule has 2 aromatic rings. The van der Waals surface area contributed by atoms with E-state index in [2.05, 4.69) is 10.4 Å². The van der Waals surface area contributed by atoms with Crippen LogP contribution in [0.15, 0.2) is 23.2 Å². The molecule has 0 saturated carbocycles. The molecule has 0 aromatic heterocycles. The van der Waals surface area contributed by atoms with Crippen LogP contribution in [-0.2, 0) is 4.79 Å². The van der Waals surface area contributed by atoms with Crippen LogP contribution < -0.4 is 10.4 Å². The molecule has 0 bridgehead atoms. The third-order valence-corrected chi connectivity index (χ3v) is 6.19. The Kier molecular flexibility index (Phi) is 6.14. The lowest BCUT2D eigenvalue weighted by atomic mass is 10.3. The number of nitrogens with one attached hydrogen (secondary N) is 1. The van der Waals surface area contributed by atoms with E-state index in [1.807, 2.05) is 0 Å². The van der Waals surface area contributed by atoms with Crippen LogP contribution in [-0.4, -0.2) is 16.7 Å². The molecule has 7 nitrogen and oxygen atoms in total. The number of nitrogens with zero attached hydrogens (tertiary/aromatic N) is 3. The van der Waals surface area contributed by atoms with Crippen molar-refractivity contribution in [3.05, 3.63) is 58.4 Å². The van der Waals surface area contributed by atoms with Crippen molar-refractivity contribution in [2.24, 2.45) is 4.99 Å². The fourth-order valence-corrected chi connectivity index (χ4v) is 3.79. The topological polar surface area (TPSA) is 87.8 Å². The van der Waals surface area contributed by atoms with Gasteiger partial charge in [0.2, 0.25) is 0 Å². The van der Waals surface area contributed by atoms with Crippen molar-refractivity contribution in [2.75, 3.05) is 5.01 Å². The van der Waals surface area contributed by atoms with Crippen LogP contribution in [0.3, 0.4) is 0 Å². The summed E-state index contributed by atoms with van der Waals surface area (Å²) in [5.41, 5.74) is 2.62. The van der Waals surface area contributed by atoms with Gasteiger partial charge >= 0.3 is 0 Å². The molecule has 1 aliphatic heterocycles. The molecule has 0 atom stereocenters. The van der Waals surface area contributed by atoms with Crippen molar-refractivity contribution < 1.29 is 9.72 Å². The number of hydrogen-bond donors (Lipinski definition) is 1. The van der Waals surface area contributed by atoms with Crippen molar-refractivity contribution in [1.29, 1.82) is 0 Å². The summed E-state index contributed by atoms with van der Waals surface area (Å²) in [6, 6.07) is 3.75. The number of anilines is 1. The van der Waals surface area contributed by atoms with Gasteiger partial charge < -0.3 is 0 Å². The van der Waals surface area contributed by atoms with Crippen LogP contribution >= 0.6 is 69.6 Å². The smallest absolute Gasteiger partial charge is 0.271 e. The number of carbonyl (C=O) groups excluding carboxylic acids is 1. The van der Waals surface area contributed by atoms with Gasteiger partial charge in [-0.25, -0.2) is 10.0 Å². The molecule has 0 unspecified atom stereocenters. The Balaban J connectivity index is 2.01. The van der Waals surface area contributed by atoms with E-state index in [-0.39, 0.29) is 59.5 Å². The number of nitro groups is 1. The first kappa shape index (κ1) is 21.2. The lowest BCUT2D eigenvalue weighted by molar-refractivity contribution is -0.384. The predicted octanol–water partition coefficient (Wildman–Crippen LogP) is 6.49. The molecule has 13 heteroatoms. The first-order valence-corrected chi connectivity index (χ1v) is 9.51. The van der Waals surface area contributed by atoms with E-state index < -0.39 is 10.8 Å². The summed E-state index contributed by atoms with van der Waals surface area (Å²) in [6.07, 6.45) is -0.177. The quantitative estimate of drug-likeness (QED) is 0.225. The largest absolute Gasteiger partial charge is 0.277 e. The second-order valence-corrected chi connectivity index (χ2v) is 7.68. The van der Waals surface area contributed by atoms with Gasteiger partial charge in [0.25, 0.3) is 11.6 Å². The zero-order valence-corrected chi connectivity index (χ0v) is 17.8. The first-order chi connectivity index (χ1) is 13.1.